The normalized spacial score (nSPS) is 20.8. The maximum absolute atomic E-state index is 11.5. The quantitative estimate of drug-likeness (QED) is 0.670. The average Bonchev–Trinajstić information content (AvgIpc) is 2.87. The number of carbonyl (C=O) groups is 1. The van der Waals surface area contributed by atoms with Gasteiger partial charge in [-0.1, -0.05) is 20.3 Å². The second-order valence-electron chi connectivity index (χ2n) is 4.02. The van der Waals surface area contributed by atoms with Crippen LogP contribution < -0.4 is 11.1 Å². The molecular weight excluding hydrogens is 164 g/mol. The van der Waals surface area contributed by atoms with Gasteiger partial charge in [0, 0.05) is 12.1 Å². The number of carbonyl (C=O) groups excluding carboxylic acids is 1. The van der Waals surface area contributed by atoms with Gasteiger partial charge in [-0.25, -0.2) is 0 Å². The van der Waals surface area contributed by atoms with E-state index in [0.717, 1.165) is 25.7 Å². The first-order valence-corrected chi connectivity index (χ1v) is 5.21. The Labute approximate surface area is 80.1 Å². The molecule has 76 valence electrons. The van der Waals surface area contributed by atoms with Crippen molar-refractivity contribution in [2.75, 3.05) is 0 Å². The molecule has 2 atom stereocenters. The second kappa shape index (κ2) is 4.61. The van der Waals surface area contributed by atoms with Crippen LogP contribution in [-0.4, -0.2) is 18.0 Å². The number of rotatable bonds is 5. The topological polar surface area (TPSA) is 55.1 Å². The van der Waals surface area contributed by atoms with E-state index in [4.69, 9.17) is 5.73 Å². The van der Waals surface area contributed by atoms with Crippen molar-refractivity contribution in [1.82, 2.24) is 5.32 Å². The Kier molecular flexibility index (Phi) is 3.72. The van der Waals surface area contributed by atoms with Crippen molar-refractivity contribution >= 4 is 5.91 Å². The summed E-state index contributed by atoms with van der Waals surface area (Å²) in [6, 6.07) is 0.465. The highest BCUT2D eigenvalue weighted by Gasteiger charge is 2.27. The van der Waals surface area contributed by atoms with E-state index in [9.17, 15) is 4.79 Å². The van der Waals surface area contributed by atoms with Gasteiger partial charge in [-0.15, -0.1) is 0 Å². The van der Waals surface area contributed by atoms with Gasteiger partial charge < -0.3 is 11.1 Å². The lowest BCUT2D eigenvalue weighted by atomic mass is 9.98. The molecule has 1 saturated carbocycles. The highest BCUT2D eigenvalue weighted by molar-refractivity contribution is 5.79. The molecule has 1 amide bonds. The van der Waals surface area contributed by atoms with Gasteiger partial charge in [-0.2, -0.15) is 0 Å². The van der Waals surface area contributed by atoms with Crippen LogP contribution in [0, 0.1) is 5.92 Å². The molecule has 0 heterocycles. The van der Waals surface area contributed by atoms with Gasteiger partial charge in [0.25, 0.3) is 0 Å². The van der Waals surface area contributed by atoms with Crippen molar-refractivity contribution in [3.63, 3.8) is 0 Å². The maximum atomic E-state index is 11.5. The zero-order valence-electron chi connectivity index (χ0n) is 8.55. The molecule has 3 nitrogen and oxygen atoms in total. The molecule has 0 radical (unpaired) electrons. The fourth-order valence-electron chi connectivity index (χ4n) is 1.34. The summed E-state index contributed by atoms with van der Waals surface area (Å²) < 4.78 is 0. The average molecular weight is 184 g/mol. The molecule has 2 unspecified atom stereocenters. The molecule has 0 aromatic carbocycles. The van der Waals surface area contributed by atoms with Gasteiger partial charge in [0.05, 0.1) is 5.92 Å². The number of nitrogens with one attached hydrogen (secondary N) is 1. The van der Waals surface area contributed by atoms with Crippen molar-refractivity contribution in [1.29, 1.82) is 0 Å². The molecule has 1 fully saturated rings. The summed E-state index contributed by atoms with van der Waals surface area (Å²) in [5.74, 6) is 0.0870. The molecular formula is C10H20N2O. The second-order valence-corrected chi connectivity index (χ2v) is 4.02. The van der Waals surface area contributed by atoms with E-state index in [1.54, 1.807) is 0 Å². The highest BCUT2D eigenvalue weighted by Crippen LogP contribution is 2.19. The molecule has 1 aliphatic rings. The van der Waals surface area contributed by atoms with E-state index in [-0.39, 0.29) is 17.9 Å². The first-order valence-electron chi connectivity index (χ1n) is 5.21. The van der Waals surface area contributed by atoms with Crippen LogP contribution in [0.1, 0.15) is 39.5 Å². The van der Waals surface area contributed by atoms with Crippen LogP contribution in [0.2, 0.25) is 0 Å². The van der Waals surface area contributed by atoms with Crippen molar-refractivity contribution in [3.05, 3.63) is 0 Å². The third-order valence-corrected chi connectivity index (χ3v) is 2.60. The van der Waals surface area contributed by atoms with Crippen molar-refractivity contribution in [2.24, 2.45) is 11.7 Å². The van der Waals surface area contributed by atoms with E-state index in [1.165, 1.54) is 0 Å². The summed E-state index contributed by atoms with van der Waals surface area (Å²) >= 11 is 0. The Hall–Kier alpha value is -0.570. The molecule has 3 N–H and O–H groups in total. The molecule has 0 aliphatic heterocycles. The summed E-state index contributed by atoms with van der Waals surface area (Å²) in [6.45, 7) is 4.00. The van der Waals surface area contributed by atoms with Gasteiger partial charge in [-0.05, 0) is 19.3 Å². The first kappa shape index (κ1) is 10.5. The molecule has 1 aliphatic carbocycles. The number of hydrogen-bond acceptors (Lipinski definition) is 2. The predicted octanol–water partition coefficient (Wildman–Crippen LogP) is 1.03. The predicted molar refractivity (Wildman–Crippen MR) is 53.2 cm³/mol. The smallest absolute Gasteiger partial charge is 0.224 e. The molecule has 13 heavy (non-hydrogen) atoms. The Bertz CT molecular complexity index is 178. The van der Waals surface area contributed by atoms with Gasteiger partial charge in [0.1, 0.15) is 0 Å². The van der Waals surface area contributed by atoms with Crippen LogP contribution in [0.4, 0.5) is 0 Å². The van der Waals surface area contributed by atoms with E-state index in [2.05, 4.69) is 12.2 Å². The Balaban J connectivity index is 2.26. The minimum absolute atomic E-state index is 0.0174. The van der Waals surface area contributed by atoms with Gasteiger partial charge in [-0.3, -0.25) is 4.79 Å². The van der Waals surface area contributed by atoms with E-state index in [1.807, 2.05) is 6.92 Å². The Morgan fingerprint density at radius 3 is 2.69 bits per heavy atom. The van der Waals surface area contributed by atoms with Crippen molar-refractivity contribution in [2.45, 2.75) is 51.6 Å². The van der Waals surface area contributed by atoms with Crippen molar-refractivity contribution < 1.29 is 4.79 Å². The summed E-state index contributed by atoms with van der Waals surface area (Å²) in [7, 11) is 0. The summed E-state index contributed by atoms with van der Waals surface area (Å²) in [4.78, 5) is 11.5. The standard InChI is InChI=1S/C10H20N2O/c1-3-4-9(11)7(2)10(13)12-8-5-6-8/h7-9H,3-6,11H2,1-2H3,(H,12,13). The number of nitrogens with two attached hydrogens (primary N) is 1. The lowest BCUT2D eigenvalue weighted by Crippen LogP contribution is -2.40. The van der Waals surface area contributed by atoms with Crippen LogP contribution in [0.25, 0.3) is 0 Å². The van der Waals surface area contributed by atoms with Crippen LogP contribution in [0.15, 0.2) is 0 Å². The summed E-state index contributed by atoms with van der Waals surface area (Å²) in [5, 5.41) is 2.97. The molecule has 3 heteroatoms. The zero-order valence-corrected chi connectivity index (χ0v) is 8.55. The van der Waals surface area contributed by atoms with Crippen LogP contribution in [-0.2, 0) is 4.79 Å². The fraction of sp³-hybridized carbons (Fsp3) is 0.900. The Morgan fingerprint density at radius 1 is 1.62 bits per heavy atom. The van der Waals surface area contributed by atoms with Crippen LogP contribution in [0.3, 0.4) is 0 Å². The summed E-state index contributed by atoms with van der Waals surface area (Å²) in [6.07, 6.45) is 4.25. The Morgan fingerprint density at radius 2 is 2.23 bits per heavy atom. The molecule has 0 aromatic heterocycles. The SMILES string of the molecule is CCCC(N)C(C)C(=O)NC1CC1. The van der Waals surface area contributed by atoms with E-state index < -0.39 is 0 Å². The largest absolute Gasteiger partial charge is 0.353 e. The fourth-order valence-corrected chi connectivity index (χ4v) is 1.34. The monoisotopic (exact) mass is 184 g/mol. The summed E-state index contributed by atoms with van der Waals surface area (Å²) in [5.41, 5.74) is 5.86. The van der Waals surface area contributed by atoms with E-state index >= 15 is 0 Å². The molecule has 0 aromatic rings. The lowest BCUT2D eigenvalue weighted by molar-refractivity contribution is -0.125. The van der Waals surface area contributed by atoms with E-state index in [0.29, 0.717) is 6.04 Å². The lowest BCUT2D eigenvalue weighted by Gasteiger charge is -2.18. The van der Waals surface area contributed by atoms with Gasteiger partial charge in [0.15, 0.2) is 0 Å². The molecule has 0 bridgehead atoms. The minimum Gasteiger partial charge on any atom is -0.353 e. The molecule has 0 saturated heterocycles. The van der Waals surface area contributed by atoms with Gasteiger partial charge in [0.2, 0.25) is 5.91 Å². The zero-order chi connectivity index (χ0) is 9.84. The highest BCUT2D eigenvalue weighted by atomic mass is 16.2. The van der Waals surface area contributed by atoms with Crippen LogP contribution in [0.5, 0.6) is 0 Å². The van der Waals surface area contributed by atoms with Crippen LogP contribution >= 0.6 is 0 Å². The maximum Gasteiger partial charge on any atom is 0.224 e. The third kappa shape index (κ3) is 3.35. The third-order valence-electron chi connectivity index (χ3n) is 2.60. The molecule has 1 rings (SSSR count). The number of hydrogen-bond donors (Lipinski definition) is 2. The minimum atomic E-state index is -0.0412. The van der Waals surface area contributed by atoms with Gasteiger partial charge >= 0.3 is 0 Å². The first-order chi connectivity index (χ1) is 6.15. The molecule has 0 spiro atoms. The number of amides is 1. The van der Waals surface area contributed by atoms with Crippen molar-refractivity contribution in [3.8, 4) is 0 Å².